The molecule has 1 fully saturated rings. The summed E-state index contributed by atoms with van der Waals surface area (Å²) in [5.74, 6) is 0.795. The highest BCUT2D eigenvalue weighted by atomic mass is 79.9. The summed E-state index contributed by atoms with van der Waals surface area (Å²) in [6.07, 6.45) is 3.59. The van der Waals surface area contributed by atoms with Crippen LogP contribution in [-0.4, -0.2) is 24.9 Å². The summed E-state index contributed by atoms with van der Waals surface area (Å²) in [6, 6.07) is 3.54. The zero-order valence-electron chi connectivity index (χ0n) is 12.9. The van der Waals surface area contributed by atoms with Crippen LogP contribution in [0.5, 0.6) is 11.5 Å². The molecule has 0 aromatic heterocycles. The van der Waals surface area contributed by atoms with Crippen LogP contribution in [0.2, 0.25) is 0 Å². The SMILES string of the molecule is COc1cc(OCC=C(C)C)c(Br)cc1/C=C1\SC(=O)NC1=O. The van der Waals surface area contributed by atoms with Crippen molar-refractivity contribution in [1.82, 2.24) is 5.32 Å². The number of allylic oxidation sites excluding steroid dienone is 1. The molecular weight excluding hydrogens is 382 g/mol. The Morgan fingerprint density at radius 3 is 2.61 bits per heavy atom. The average Bonchev–Trinajstić information content (AvgIpc) is 2.78. The van der Waals surface area contributed by atoms with Gasteiger partial charge in [0.1, 0.15) is 18.1 Å². The Bertz CT molecular complexity index is 708. The summed E-state index contributed by atoms with van der Waals surface area (Å²) in [6.45, 7) is 4.46. The highest BCUT2D eigenvalue weighted by molar-refractivity contribution is 9.10. The van der Waals surface area contributed by atoms with Crippen molar-refractivity contribution >= 4 is 44.9 Å². The van der Waals surface area contributed by atoms with Crippen LogP contribution >= 0.6 is 27.7 Å². The number of ether oxygens (including phenoxy) is 2. The molecule has 1 aromatic carbocycles. The second kappa shape index (κ2) is 7.70. The van der Waals surface area contributed by atoms with E-state index in [1.807, 2.05) is 19.9 Å². The van der Waals surface area contributed by atoms with E-state index in [9.17, 15) is 9.59 Å². The Morgan fingerprint density at radius 1 is 1.30 bits per heavy atom. The monoisotopic (exact) mass is 397 g/mol. The zero-order valence-corrected chi connectivity index (χ0v) is 15.3. The summed E-state index contributed by atoms with van der Waals surface area (Å²) < 4.78 is 11.8. The fraction of sp³-hybridized carbons (Fsp3) is 0.250. The molecule has 2 amide bonds. The minimum atomic E-state index is -0.401. The molecule has 1 N–H and O–H groups in total. The van der Waals surface area contributed by atoms with Gasteiger partial charge in [-0.3, -0.25) is 14.9 Å². The maximum Gasteiger partial charge on any atom is 0.290 e. The van der Waals surface area contributed by atoms with Crippen molar-refractivity contribution < 1.29 is 19.1 Å². The van der Waals surface area contributed by atoms with Crippen LogP contribution in [0.4, 0.5) is 4.79 Å². The highest BCUT2D eigenvalue weighted by Crippen LogP contribution is 2.36. The van der Waals surface area contributed by atoms with Crippen LogP contribution in [-0.2, 0) is 4.79 Å². The number of hydrogen-bond acceptors (Lipinski definition) is 5. The first-order chi connectivity index (χ1) is 10.9. The van der Waals surface area contributed by atoms with Crippen molar-refractivity contribution in [2.45, 2.75) is 13.8 Å². The predicted octanol–water partition coefficient (Wildman–Crippen LogP) is 4.13. The van der Waals surface area contributed by atoms with E-state index < -0.39 is 5.91 Å². The van der Waals surface area contributed by atoms with Crippen LogP contribution in [0.25, 0.3) is 6.08 Å². The van der Waals surface area contributed by atoms with E-state index in [4.69, 9.17) is 9.47 Å². The molecule has 0 saturated carbocycles. The number of hydrogen-bond donors (Lipinski definition) is 1. The fourth-order valence-corrected chi connectivity index (χ4v) is 2.96. The molecule has 1 aromatic rings. The van der Waals surface area contributed by atoms with E-state index >= 15 is 0 Å². The van der Waals surface area contributed by atoms with Crippen LogP contribution in [0.3, 0.4) is 0 Å². The third-order valence-electron chi connectivity index (χ3n) is 2.94. The van der Waals surface area contributed by atoms with Gasteiger partial charge in [0.2, 0.25) is 0 Å². The third-order valence-corrected chi connectivity index (χ3v) is 4.37. The molecule has 23 heavy (non-hydrogen) atoms. The largest absolute Gasteiger partial charge is 0.496 e. The number of benzene rings is 1. The van der Waals surface area contributed by atoms with Gasteiger partial charge in [-0.1, -0.05) is 5.57 Å². The maximum absolute atomic E-state index is 11.6. The number of carbonyl (C=O) groups is 2. The molecule has 2 rings (SSSR count). The zero-order chi connectivity index (χ0) is 17.0. The van der Waals surface area contributed by atoms with E-state index in [1.165, 1.54) is 12.7 Å². The Hall–Kier alpha value is -1.73. The molecule has 1 aliphatic heterocycles. The van der Waals surface area contributed by atoms with Gasteiger partial charge in [0.25, 0.3) is 11.1 Å². The topological polar surface area (TPSA) is 64.6 Å². The minimum Gasteiger partial charge on any atom is -0.496 e. The van der Waals surface area contributed by atoms with Crippen molar-refractivity contribution in [3.05, 3.63) is 38.7 Å². The first-order valence-electron chi connectivity index (χ1n) is 6.79. The van der Waals surface area contributed by atoms with Crippen molar-refractivity contribution in [1.29, 1.82) is 0 Å². The van der Waals surface area contributed by atoms with Crippen LogP contribution in [0, 0.1) is 0 Å². The molecule has 0 spiro atoms. The molecule has 1 aliphatic rings. The van der Waals surface area contributed by atoms with Gasteiger partial charge in [-0.2, -0.15) is 0 Å². The van der Waals surface area contributed by atoms with Gasteiger partial charge < -0.3 is 9.47 Å². The molecular formula is C16H16BrNO4S. The number of rotatable bonds is 5. The second-order valence-corrected chi connectivity index (χ2v) is 6.84. The lowest BCUT2D eigenvalue weighted by Gasteiger charge is -2.11. The van der Waals surface area contributed by atoms with Crippen molar-refractivity contribution in [3.8, 4) is 11.5 Å². The molecule has 1 saturated heterocycles. The Balaban J connectivity index is 2.30. The normalized spacial score (nSPS) is 15.6. The molecule has 0 radical (unpaired) electrons. The van der Waals surface area contributed by atoms with E-state index in [0.717, 1.165) is 16.2 Å². The summed E-state index contributed by atoms with van der Waals surface area (Å²) in [5, 5.41) is 1.85. The lowest BCUT2D eigenvalue weighted by molar-refractivity contribution is -0.115. The number of methoxy groups -OCH3 is 1. The molecule has 5 nitrogen and oxygen atoms in total. The van der Waals surface area contributed by atoms with Crippen molar-refractivity contribution in [3.63, 3.8) is 0 Å². The first kappa shape index (κ1) is 17.6. The summed E-state index contributed by atoms with van der Waals surface area (Å²) in [5.41, 5.74) is 1.85. The number of carbonyl (C=O) groups excluding carboxylic acids is 2. The van der Waals surface area contributed by atoms with Gasteiger partial charge in [0, 0.05) is 11.6 Å². The lowest BCUT2D eigenvalue weighted by Crippen LogP contribution is -2.17. The summed E-state index contributed by atoms with van der Waals surface area (Å²) in [4.78, 5) is 23.2. The van der Waals surface area contributed by atoms with E-state index in [0.29, 0.717) is 28.6 Å². The molecule has 0 bridgehead atoms. The predicted molar refractivity (Wildman–Crippen MR) is 94.7 cm³/mol. The first-order valence-corrected chi connectivity index (χ1v) is 8.40. The number of thioether (sulfide) groups is 1. The van der Waals surface area contributed by atoms with Crippen molar-refractivity contribution in [2.75, 3.05) is 13.7 Å². The van der Waals surface area contributed by atoms with Crippen molar-refractivity contribution in [2.24, 2.45) is 0 Å². The molecule has 0 atom stereocenters. The second-order valence-electron chi connectivity index (χ2n) is 4.97. The Labute approximate surface area is 147 Å². The number of nitrogens with one attached hydrogen (secondary N) is 1. The summed E-state index contributed by atoms with van der Waals surface area (Å²) in [7, 11) is 1.54. The molecule has 0 aliphatic carbocycles. The minimum absolute atomic E-state index is 0.332. The number of halogens is 1. The van der Waals surface area contributed by atoms with Gasteiger partial charge >= 0.3 is 0 Å². The lowest BCUT2D eigenvalue weighted by atomic mass is 10.1. The quantitative estimate of drug-likeness (QED) is 0.597. The Morgan fingerprint density at radius 2 is 2.04 bits per heavy atom. The molecule has 122 valence electrons. The highest BCUT2D eigenvalue weighted by Gasteiger charge is 2.25. The standard InChI is InChI=1S/C16H16BrNO4S/c1-9(2)4-5-22-13-8-12(21-3)10(6-11(13)17)7-14-15(19)18-16(20)23-14/h4,6-8H,5H2,1-3H3,(H,18,19,20)/b14-7-. The average molecular weight is 398 g/mol. The van der Waals surface area contributed by atoms with E-state index in [-0.39, 0.29) is 5.24 Å². The Kier molecular flexibility index (Phi) is 5.90. The van der Waals surface area contributed by atoms with Crippen LogP contribution in [0.15, 0.2) is 33.2 Å². The van der Waals surface area contributed by atoms with Gasteiger partial charge in [-0.15, -0.1) is 0 Å². The van der Waals surface area contributed by atoms with Gasteiger partial charge in [0.05, 0.1) is 16.5 Å². The van der Waals surface area contributed by atoms with Crippen LogP contribution < -0.4 is 14.8 Å². The fourth-order valence-electron chi connectivity index (χ4n) is 1.81. The van der Waals surface area contributed by atoms with E-state index in [2.05, 4.69) is 21.2 Å². The molecule has 0 unspecified atom stereocenters. The smallest absolute Gasteiger partial charge is 0.290 e. The summed E-state index contributed by atoms with van der Waals surface area (Å²) >= 11 is 4.32. The van der Waals surface area contributed by atoms with Gasteiger partial charge in [-0.25, -0.2) is 0 Å². The van der Waals surface area contributed by atoms with E-state index in [1.54, 1.807) is 18.2 Å². The maximum atomic E-state index is 11.6. The number of amides is 2. The number of imide groups is 1. The third kappa shape index (κ3) is 4.62. The van der Waals surface area contributed by atoms with Gasteiger partial charge in [0.15, 0.2) is 0 Å². The molecule has 7 heteroatoms. The molecule has 1 heterocycles. The van der Waals surface area contributed by atoms with Gasteiger partial charge in [-0.05, 0) is 59.8 Å². The van der Waals surface area contributed by atoms with Crippen LogP contribution in [0.1, 0.15) is 19.4 Å².